The van der Waals surface area contributed by atoms with Crippen molar-refractivity contribution in [3.05, 3.63) is 51.1 Å². The summed E-state index contributed by atoms with van der Waals surface area (Å²) in [6.45, 7) is 7.91. The summed E-state index contributed by atoms with van der Waals surface area (Å²) in [5.41, 5.74) is 2.70. The molecule has 0 saturated heterocycles. The van der Waals surface area contributed by atoms with Crippen LogP contribution in [0, 0.1) is 3.57 Å². The van der Waals surface area contributed by atoms with E-state index in [-0.39, 0.29) is 25.4 Å². The third kappa shape index (κ3) is 13.2. The number of esters is 1. The number of halogens is 1. The molecule has 5 N–H and O–H groups in total. The molecule has 2 rings (SSSR count). The van der Waals surface area contributed by atoms with Crippen LogP contribution < -0.4 is 25.5 Å². The minimum Gasteiger partial charge on any atom is -0.508 e. The Balaban J connectivity index is 2.21. The first-order valence-electron chi connectivity index (χ1n) is 14.0. The number of phenolic OH excluding ortho intramolecular Hbond substituents is 1. The second kappa shape index (κ2) is 18.0. The molecule has 15 heteroatoms. The molecule has 0 saturated carbocycles. The Labute approximate surface area is 275 Å². The second-order valence-corrected chi connectivity index (χ2v) is 11.6. The predicted molar refractivity (Wildman–Crippen MR) is 172 cm³/mol. The highest BCUT2D eigenvalue weighted by Gasteiger charge is 2.28. The molecular formula is C30H39IN4O10. The number of hydrogen-bond acceptors (Lipinski definition) is 11. The monoisotopic (exact) mass is 742 g/mol. The third-order valence-electron chi connectivity index (χ3n) is 5.56. The minimum atomic E-state index is -1.40. The molecule has 0 spiro atoms. The predicted octanol–water partition coefficient (Wildman–Crippen LogP) is 2.40. The molecule has 3 amide bonds. The number of aliphatic hydroxyl groups is 1. The largest absolute Gasteiger partial charge is 0.508 e. The number of aromatic hydroxyl groups is 1. The van der Waals surface area contributed by atoms with Crippen molar-refractivity contribution >= 4 is 52.7 Å². The number of alkyl carbamates (subject to hydrolysis) is 1. The van der Waals surface area contributed by atoms with E-state index in [2.05, 4.69) is 21.2 Å². The fraction of sp³-hybridized carbons (Fsp3) is 0.433. The Morgan fingerprint density at radius 2 is 1.67 bits per heavy atom. The fourth-order valence-corrected chi connectivity index (χ4v) is 4.42. The highest BCUT2D eigenvalue weighted by Crippen LogP contribution is 2.34. The van der Waals surface area contributed by atoms with Crippen LogP contribution in [0.4, 0.5) is 4.79 Å². The van der Waals surface area contributed by atoms with E-state index in [1.54, 1.807) is 58.9 Å². The molecule has 0 radical (unpaired) electrons. The van der Waals surface area contributed by atoms with Crippen molar-refractivity contribution in [3.63, 3.8) is 0 Å². The number of phenols is 1. The Bertz CT molecular complexity index is 1350. The zero-order chi connectivity index (χ0) is 33.6. The van der Waals surface area contributed by atoms with Gasteiger partial charge in [0, 0.05) is 6.42 Å². The van der Waals surface area contributed by atoms with Gasteiger partial charge in [0.05, 0.1) is 29.6 Å². The smallest absolute Gasteiger partial charge is 0.408 e. The lowest BCUT2D eigenvalue weighted by Crippen LogP contribution is -2.55. The molecule has 246 valence electrons. The number of ether oxygens (including phenoxy) is 4. The van der Waals surface area contributed by atoms with Crippen LogP contribution in [0.5, 0.6) is 17.2 Å². The average Bonchev–Trinajstić information content (AvgIpc) is 2.95. The number of hydrogen-bond donors (Lipinski definition) is 5. The van der Waals surface area contributed by atoms with Crippen LogP contribution >= 0.6 is 22.6 Å². The van der Waals surface area contributed by atoms with Gasteiger partial charge in [0.15, 0.2) is 18.1 Å². The molecular weight excluding hydrogens is 703 g/mol. The fourth-order valence-electron chi connectivity index (χ4n) is 3.64. The van der Waals surface area contributed by atoms with Crippen LogP contribution in [-0.4, -0.2) is 84.4 Å². The van der Waals surface area contributed by atoms with E-state index in [9.17, 15) is 29.4 Å². The van der Waals surface area contributed by atoms with Gasteiger partial charge in [-0.25, -0.2) is 15.0 Å². The van der Waals surface area contributed by atoms with Gasteiger partial charge in [0.25, 0.3) is 5.91 Å². The normalized spacial score (nSPS) is 12.5. The number of aliphatic hydroxyl groups excluding tert-OH is 1. The summed E-state index contributed by atoms with van der Waals surface area (Å²) in [6.07, 6.45) is 0.438. The first-order valence-corrected chi connectivity index (χ1v) is 15.1. The second-order valence-electron chi connectivity index (χ2n) is 10.4. The van der Waals surface area contributed by atoms with Crippen LogP contribution in [0.1, 0.15) is 45.7 Å². The van der Waals surface area contributed by atoms with Crippen LogP contribution in [0.3, 0.4) is 0 Å². The molecule has 0 aliphatic rings. The number of nitrogens with zero attached hydrogens (tertiary/aromatic N) is 1. The standard InChI is InChI=1S/C30H39IN4O10/c1-6-42-24-14-19(12-21(31)26(24)44-17-25(38)43-7-2)15-32-35-28(40)22(13-18-8-10-20(37)11-9-18)33-27(39)23(16-36)34-29(41)45-30(3,4)5/h8-12,14-15,22-23,36-37H,6-7,13,16-17H2,1-5H3,(H,33,39)(H,34,41)(H,35,40)/b32-15-/t22-,23-/m0/s1. The molecule has 2 atom stereocenters. The summed E-state index contributed by atoms with van der Waals surface area (Å²) in [5.74, 6) is -1.33. The van der Waals surface area contributed by atoms with Crippen molar-refractivity contribution in [1.82, 2.24) is 16.1 Å². The zero-order valence-electron chi connectivity index (χ0n) is 25.7. The van der Waals surface area contributed by atoms with E-state index in [1.807, 2.05) is 22.6 Å². The van der Waals surface area contributed by atoms with Crippen LogP contribution in [0.2, 0.25) is 0 Å². The molecule has 0 aliphatic carbocycles. The molecule has 0 fully saturated rings. The summed E-state index contributed by atoms with van der Waals surface area (Å²) in [5, 5.41) is 28.2. The van der Waals surface area contributed by atoms with Crippen molar-refractivity contribution in [2.24, 2.45) is 5.10 Å². The van der Waals surface area contributed by atoms with E-state index in [0.29, 0.717) is 32.8 Å². The van der Waals surface area contributed by atoms with Gasteiger partial charge in [-0.3, -0.25) is 9.59 Å². The van der Waals surface area contributed by atoms with E-state index in [0.717, 1.165) is 0 Å². The zero-order valence-corrected chi connectivity index (χ0v) is 27.9. The topological polar surface area (TPSA) is 194 Å². The van der Waals surface area contributed by atoms with E-state index in [4.69, 9.17) is 18.9 Å². The molecule has 0 aromatic heterocycles. The number of carbonyl (C=O) groups is 4. The Hall–Kier alpha value is -4.12. The van der Waals surface area contributed by atoms with Gasteiger partial charge in [-0.2, -0.15) is 5.10 Å². The van der Waals surface area contributed by atoms with Gasteiger partial charge >= 0.3 is 12.1 Å². The SMILES string of the molecule is CCOC(=O)COc1c(I)cc(/C=N\NC(=O)[C@H](Cc2ccc(O)cc2)NC(=O)[C@H](CO)NC(=O)OC(C)(C)C)cc1OCC. The van der Waals surface area contributed by atoms with Crippen molar-refractivity contribution in [2.75, 3.05) is 26.4 Å². The Morgan fingerprint density at radius 3 is 2.27 bits per heavy atom. The minimum absolute atomic E-state index is 0.00313. The molecule has 0 unspecified atom stereocenters. The number of rotatable bonds is 15. The van der Waals surface area contributed by atoms with Gasteiger partial charge in [0.2, 0.25) is 5.91 Å². The van der Waals surface area contributed by atoms with Crippen LogP contribution in [0.15, 0.2) is 41.5 Å². The summed E-state index contributed by atoms with van der Waals surface area (Å²) >= 11 is 2.02. The summed E-state index contributed by atoms with van der Waals surface area (Å²) in [4.78, 5) is 50.1. The number of benzene rings is 2. The lowest BCUT2D eigenvalue weighted by Gasteiger charge is -2.24. The van der Waals surface area contributed by atoms with Crippen molar-refractivity contribution in [2.45, 2.75) is 58.7 Å². The van der Waals surface area contributed by atoms with Gasteiger partial charge < -0.3 is 39.8 Å². The first kappa shape index (κ1) is 37.1. The quantitative estimate of drug-likeness (QED) is 0.0783. The van der Waals surface area contributed by atoms with Crippen molar-refractivity contribution < 1.29 is 48.3 Å². The third-order valence-corrected chi connectivity index (χ3v) is 6.36. The molecule has 14 nitrogen and oxygen atoms in total. The number of carbonyl (C=O) groups excluding carboxylic acids is 4. The Kier molecular flexibility index (Phi) is 14.8. The van der Waals surface area contributed by atoms with Gasteiger partial charge in [-0.05, 0) is 92.6 Å². The van der Waals surface area contributed by atoms with E-state index in [1.165, 1.54) is 18.3 Å². The van der Waals surface area contributed by atoms with Gasteiger partial charge in [-0.1, -0.05) is 12.1 Å². The Morgan fingerprint density at radius 1 is 0.978 bits per heavy atom. The molecule has 0 heterocycles. The van der Waals surface area contributed by atoms with Crippen molar-refractivity contribution in [3.8, 4) is 17.2 Å². The maximum absolute atomic E-state index is 13.2. The van der Waals surface area contributed by atoms with Crippen molar-refractivity contribution in [1.29, 1.82) is 0 Å². The van der Waals surface area contributed by atoms with E-state index >= 15 is 0 Å². The lowest BCUT2D eigenvalue weighted by atomic mass is 10.0. The van der Waals surface area contributed by atoms with Crippen LogP contribution in [-0.2, 0) is 30.3 Å². The van der Waals surface area contributed by atoms with Crippen LogP contribution in [0.25, 0.3) is 0 Å². The average molecular weight is 743 g/mol. The number of amides is 3. The lowest BCUT2D eigenvalue weighted by molar-refractivity contribution is -0.145. The molecule has 2 aromatic rings. The summed E-state index contributed by atoms with van der Waals surface area (Å²) in [6, 6.07) is 6.75. The number of nitrogens with one attached hydrogen (secondary N) is 3. The molecule has 0 aliphatic heterocycles. The highest BCUT2D eigenvalue weighted by molar-refractivity contribution is 14.1. The molecule has 0 bridgehead atoms. The highest BCUT2D eigenvalue weighted by atomic mass is 127. The molecule has 45 heavy (non-hydrogen) atoms. The maximum atomic E-state index is 13.2. The number of hydrazone groups is 1. The summed E-state index contributed by atoms with van der Waals surface area (Å²) in [7, 11) is 0. The maximum Gasteiger partial charge on any atom is 0.408 e. The van der Waals surface area contributed by atoms with Gasteiger partial charge in [0.1, 0.15) is 23.4 Å². The summed E-state index contributed by atoms with van der Waals surface area (Å²) < 4.78 is 21.9. The molecule has 2 aromatic carbocycles. The van der Waals surface area contributed by atoms with E-state index < -0.39 is 48.2 Å². The van der Waals surface area contributed by atoms with Gasteiger partial charge in [-0.15, -0.1) is 0 Å². The first-order chi connectivity index (χ1) is 21.3.